The number of aryl methyl sites for hydroxylation is 1. The van der Waals surface area contributed by atoms with E-state index in [4.69, 9.17) is 0 Å². The van der Waals surface area contributed by atoms with Crippen LogP contribution in [0.4, 0.5) is 17.6 Å². The molecule has 0 aliphatic rings. The van der Waals surface area contributed by atoms with Crippen molar-refractivity contribution < 1.29 is 22.7 Å². The number of benzene rings is 2. The van der Waals surface area contributed by atoms with E-state index < -0.39 is 34.3 Å². The van der Waals surface area contributed by atoms with E-state index in [1.807, 2.05) is 0 Å². The van der Waals surface area contributed by atoms with Gasteiger partial charge in [0.2, 0.25) is 5.60 Å². The Morgan fingerprint density at radius 3 is 2.64 bits per heavy atom. The van der Waals surface area contributed by atoms with E-state index in [0.717, 1.165) is 6.20 Å². The Morgan fingerprint density at radius 2 is 1.94 bits per heavy atom. The topological polar surface area (TPSA) is 75.8 Å². The molecule has 1 atom stereocenters. The maximum absolute atomic E-state index is 14.6. The Kier molecular flexibility index (Phi) is 5.36. The minimum absolute atomic E-state index is 0.00393. The zero-order valence-corrected chi connectivity index (χ0v) is 19.0. The predicted octanol–water partition coefficient (Wildman–Crippen LogP) is 5.10. The van der Waals surface area contributed by atoms with Gasteiger partial charge in [-0.3, -0.25) is 4.79 Å². The number of halogens is 4. The number of allylic oxidation sites excluding steroid dienone is 1. The summed E-state index contributed by atoms with van der Waals surface area (Å²) in [7, 11) is 0. The lowest BCUT2D eigenvalue weighted by Crippen LogP contribution is -2.43. The van der Waals surface area contributed by atoms with Gasteiger partial charge in [0.25, 0.3) is 5.56 Å². The van der Waals surface area contributed by atoms with Gasteiger partial charge in [-0.25, -0.2) is 9.07 Å². The van der Waals surface area contributed by atoms with Crippen LogP contribution in [0.1, 0.15) is 16.7 Å². The minimum Gasteiger partial charge on any atom is -0.372 e. The summed E-state index contributed by atoms with van der Waals surface area (Å²) in [6.07, 6.45) is 0.0659. The molecule has 0 spiro atoms. The zero-order chi connectivity index (χ0) is 25.8. The van der Waals surface area contributed by atoms with Gasteiger partial charge in [-0.2, -0.15) is 18.3 Å². The average molecular weight is 496 g/mol. The van der Waals surface area contributed by atoms with Crippen LogP contribution in [0.15, 0.2) is 78.5 Å². The van der Waals surface area contributed by atoms with Crippen molar-refractivity contribution in [3.63, 3.8) is 0 Å². The van der Waals surface area contributed by atoms with Crippen LogP contribution >= 0.6 is 0 Å². The maximum atomic E-state index is 14.6. The highest BCUT2D eigenvalue weighted by atomic mass is 19.4. The quantitative estimate of drug-likeness (QED) is 0.263. The normalized spacial score (nSPS) is 13.8. The van der Waals surface area contributed by atoms with Gasteiger partial charge in [-0.05, 0) is 54.4 Å². The van der Waals surface area contributed by atoms with Gasteiger partial charge in [-0.15, -0.1) is 6.58 Å². The number of rotatable bonds is 5. The van der Waals surface area contributed by atoms with Crippen molar-refractivity contribution in [2.75, 3.05) is 0 Å². The molecule has 0 aliphatic carbocycles. The molecular weight excluding hydrogens is 476 g/mol. The van der Waals surface area contributed by atoms with E-state index >= 15 is 0 Å². The molecular formula is C26H20F4N4O2. The molecule has 2 aromatic carbocycles. The van der Waals surface area contributed by atoms with Crippen LogP contribution in [-0.4, -0.2) is 30.6 Å². The first-order chi connectivity index (χ1) is 17.1. The third-order valence-electron chi connectivity index (χ3n) is 6.30. The van der Waals surface area contributed by atoms with Crippen molar-refractivity contribution in [2.45, 2.75) is 25.2 Å². The van der Waals surface area contributed by atoms with E-state index in [-0.39, 0.29) is 17.4 Å². The van der Waals surface area contributed by atoms with Crippen molar-refractivity contribution in [3.8, 4) is 5.69 Å². The summed E-state index contributed by atoms with van der Waals surface area (Å²) < 4.78 is 60.3. The number of aromatic nitrogens is 4. The van der Waals surface area contributed by atoms with E-state index in [1.165, 1.54) is 70.2 Å². The Bertz CT molecular complexity index is 1700. The number of nitrogens with one attached hydrogen (secondary N) is 1. The Morgan fingerprint density at radius 1 is 1.17 bits per heavy atom. The number of H-pyrrole nitrogens is 1. The predicted molar refractivity (Wildman–Crippen MR) is 128 cm³/mol. The fourth-order valence-electron chi connectivity index (χ4n) is 4.61. The second kappa shape index (κ2) is 8.20. The van der Waals surface area contributed by atoms with Crippen LogP contribution < -0.4 is 5.56 Å². The number of alkyl halides is 3. The third-order valence-corrected chi connectivity index (χ3v) is 6.30. The smallest absolute Gasteiger partial charge is 0.372 e. The molecule has 5 rings (SSSR count). The molecule has 184 valence electrons. The summed E-state index contributed by atoms with van der Waals surface area (Å²) in [5.41, 5.74) is -3.29. The number of aliphatic hydroxyl groups is 1. The van der Waals surface area contributed by atoms with Gasteiger partial charge in [0, 0.05) is 35.3 Å². The zero-order valence-electron chi connectivity index (χ0n) is 19.0. The standard InChI is InChI=1S/C26H20F4N4O2/c1-3-10-33-14-20(19-8-9-31-24(35)23(19)33)25(36,26(28,29)30)17-4-6-22-16(12-17)13-32-34(22)21-7-5-18(27)11-15(21)2/h3-9,11-14,36H,1,10H2,2H3,(H,31,35). The van der Waals surface area contributed by atoms with Crippen molar-refractivity contribution in [1.29, 1.82) is 0 Å². The van der Waals surface area contributed by atoms with Gasteiger partial charge < -0.3 is 14.7 Å². The largest absolute Gasteiger partial charge is 0.425 e. The summed E-state index contributed by atoms with van der Waals surface area (Å²) in [5.74, 6) is -0.417. The summed E-state index contributed by atoms with van der Waals surface area (Å²) in [6, 6.07) is 9.28. The first kappa shape index (κ1) is 23.6. The van der Waals surface area contributed by atoms with Crippen LogP contribution in [0.2, 0.25) is 0 Å². The van der Waals surface area contributed by atoms with Crippen LogP contribution in [0.25, 0.3) is 27.5 Å². The van der Waals surface area contributed by atoms with Crippen molar-refractivity contribution >= 4 is 21.8 Å². The highest BCUT2D eigenvalue weighted by Crippen LogP contribution is 2.47. The van der Waals surface area contributed by atoms with E-state index in [2.05, 4.69) is 16.7 Å². The van der Waals surface area contributed by atoms with Crippen molar-refractivity contribution in [3.05, 3.63) is 107 Å². The molecule has 5 aromatic rings. The molecule has 2 N–H and O–H groups in total. The second-order valence-corrected chi connectivity index (χ2v) is 8.52. The highest BCUT2D eigenvalue weighted by molar-refractivity contribution is 5.86. The van der Waals surface area contributed by atoms with Crippen LogP contribution in [0.5, 0.6) is 0 Å². The monoisotopic (exact) mass is 496 g/mol. The molecule has 0 saturated heterocycles. The summed E-state index contributed by atoms with van der Waals surface area (Å²) >= 11 is 0. The number of aromatic amines is 1. The molecule has 0 aliphatic heterocycles. The lowest BCUT2D eigenvalue weighted by Gasteiger charge is -2.31. The Labute approximate surface area is 201 Å². The van der Waals surface area contributed by atoms with E-state index in [9.17, 15) is 27.5 Å². The summed E-state index contributed by atoms with van der Waals surface area (Å²) in [6.45, 7) is 5.36. The SMILES string of the molecule is C=CCn1cc(C(O)(c2ccc3c(cnn3-c3ccc(F)cc3C)c2)C(F)(F)F)c2cc[nH]c(=O)c21. The van der Waals surface area contributed by atoms with Gasteiger partial charge in [0.05, 0.1) is 17.4 Å². The summed E-state index contributed by atoms with van der Waals surface area (Å²) in [4.78, 5) is 14.9. The first-order valence-corrected chi connectivity index (χ1v) is 10.9. The third kappa shape index (κ3) is 3.44. The van der Waals surface area contributed by atoms with Crippen molar-refractivity contribution in [1.82, 2.24) is 19.3 Å². The fraction of sp³-hybridized carbons (Fsp3) is 0.154. The number of hydrogen-bond acceptors (Lipinski definition) is 3. The minimum atomic E-state index is -5.12. The molecule has 0 fully saturated rings. The molecule has 0 amide bonds. The van der Waals surface area contributed by atoms with Crippen LogP contribution in [-0.2, 0) is 12.1 Å². The van der Waals surface area contributed by atoms with Crippen LogP contribution in [0.3, 0.4) is 0 Å². The number of fused-ring (bicyclic) bond motifs is 2. The number of pyridine rings is 1. The second-order valence-electron chi connectivity index (χ2n) is 8.52. The molecule has 3 aromatic heterocycles. The number of hydrogen-bond donors (Lipinski definition) is 2. The van der Waals surface area contributed by atoms with Gasteiger partial charge in [-0.1, -0.05) is 12.1 Å². The molecule has 1 unspecified atom stereocenters. The lowest BCUT2D eigenvalue weighted by molar-refractivity contribution is -0.247. The Balaban J connectivity index is 1.74. The Hall–Kier alpha value is -4.18. The molecule has 0 bridgehead atoms. The highest BCUT2D eigenvalue weighted by Gasteiger charge is 2.57. The molecule has 3 heterocycles. The number of nitrogens with zero attached hydrogens (tertiary/aromatic N) is 3. The molecule has 0 saturated carbocycles. The molecule has 0 radical (unpaired) electrons. The van der Waals surface area contributed by atoms with Gasteiger partial charge in [0.1, 0.15) is 11.3 Å². The van der Waals surface area contributed by atoms with Gasteiger partial charge >= 0.3 is 6.18 Å². The lowest BCUT2D eigenvalue weighted by atomic mass is 9.85. The van der Waals surface area contributed by atoms with E-state index in [0.29, 0.717) is 22.2 Å². The van der Waals surface area contributed by atoms with E-state index in [1.54, 1.807) is 6.92 Å². The van der Waals surface area contributed by atoms with Crippen molar-refractivity contribution in [2.24, 2.45) is 0 Å². The van der Waals surface area contributed by atoms with Crippen LogP contribution in [0, 0.1) is 12.7 Å². The molecule has 6 nitrogen and oxygen atoms in total. The molecule has 36 heavy (non-hydrogen) atoms. The first-order valence-electron chi connectivity index (χ1n) is 10.9. The summed E-state index contributed by atoms with van der Waals surface area (Å²) in [5, 5.41) is 16.0. The average Bonchev–Trinajstić information content (AvgIpc) is 3.40. The maximum Gasteiger partial charge on any atom is 0.425 e. The fourth-order valence-corrected chi connectivity index (χ4v) is 4.61. The van der Waals surface area contributed by atoms with Gasteiger partial charge in [0.15, 0.2) is 0 Å². The molecule has 10 heteroatoms.